The van der Waals surface area contributed by atoms with Crippen molar-refractivity contribution in [3.63, 3.8) is 0 Å². The molecule has 22 heavy (non-hydrogen) atoms. The Bertz CT molecular complexity index is 742. The van der Waals surface area contributed by atoms with Gasteiger partial charge in [0.15, 0.2) is 5.78 Å². The SMILES string of the molecule is CCc1nn(C(=O)c2ccccc2)c2c1C(=O)CC(C)(C)C2. The zero-order valence-electron chi connectivity index (χ0n) is 13.2. The first kappa shape index (κ1) is 14.7. The molecule has 0 radical (unpaired) electrons. The van der Waals surface area contributed by atoms with E-state index >= 15 is 0 Å². The Labute approximate surface area is 130 Å². The van der Waals surface area contributed by atoms with E-state index in [9.17, 15) is 9.59 Å². The molecule has 4 nitrogen and oxygen atoms in total. The molecule has 1 aliphatic rings. The second-order valence-electron chi connectivity index (χ2n) is 6.65. The normalized spacial score (nSPS) is 16.4. The number of aromatic nitrogens is 2. The van der Waals surface area contributed by atoms with Crippen LogP contribution in [-0.2, 0) is 12.8 Å². The Morgan fingerprint density at radius 1 is 1.23 bits per heavy atom. The van der Waals surface area contributed by atoms with Gasteiger partial charge in [-0.3, -0.25) is 9.59 Å². The summed E-state index contributed by atoms with van der Waals surface area (Å²) in [6, 6.07) is 9.09. The lowest BCUT2D eigenvalue weighted by molar-refractivity contribution is 0.0902. The summed E-state index contributed by atoms with van der Waals surface area (Å²) < 4.78 is 1.45. The highest BCUT2D eigenvalue weighted by atomic mass is 16.2. The summed E-state index contributed by atoms with van der Waals surface area (Å²) in [6.45, 7) is 6.08. The van der Waals surface area contributed by atoms with Gasteiger partial charge in [-0.2, -0.15) is 9.78 Å². The van der Waals surface area contributed by atoms with Crippen molar-refractivity contribution in [2.24, 2.45) is 5.41 Å². The van der Waals surface area contributed by atoms with Gasteiger partial charge in [-0.1, -0.05) is 39.0 Å². The van der Waals surface area contributed by atoms with Crippen LogP contribution in [0.4, 0.5) is 0 Å². The van der Waals surface area contributed by atoms with E-state index in [1.54, 1.807) is 12.1 Å². The zero-order chi connectivity index (χ0) is 15.9. The minimum absolute atomic E-state index is 0.107. The number of carbonyl (C=O) groups is 2. The number of benzene rings is 1. The quantitative estimate of drug-likeness (QED) is 0.854. The lowest BCUT2D eigenvalue weighted by Gasteiger charge is -2.28. The summed E-state index contributed by atoms with van der Waals surface area (Å²) in [7, 11) is 0. The van der Waals surface area contributed by atoms with Crippen molar-refractivity contribution >= 4 is 11.7 Å². The number of hydrogen-bond donors (Lipinski definition) is 0. The second kappa shape index (κ2) is 5.20. The van der Waals surface area contributed by atoms with E-state index in [4.69, 9.17) is 0 Å². The Hall–Kier alpha value is -2.23. The summed E-state index contributed by atoms with van der Waals surface area (Å²) in [4.78, 5) is 25.2. The standard InChI is InChI=1S/C18H20N2O2/c1-4-13-16-14(10-18(2,3)11-15(16)21)20(19-13)17(22)12-8-6-5-7-9-12/h5-9H,4,10-11H2,1-3H3. The summed E-state index contributed by atoms with van der Waals surface area (Å²) >= 11 is 0. The summed E-state index contributed by atoms with van der Waals surface area (Å²) in [5.41, 5.74) is 2.63. The number of fused-ring (bicyclic) bond motifs is 1. The van der Waals surface area contributed by atoms with Gasteiger partial charge in [0.1, 0.15) is 0 Å². The molecule has 0 saturated heterocycles. The van der Waals surface area contributed by atoms with E-state index in [2.05, 4.69) is 18.9 Å². The molecule has 1 aromatic carbocycles. The summed E-state index contributed by atoms with van der Waals surface area (Å²) in [5, 5.41) is 4.45. The lowest BCUT2D eigenvalue weighted by Crippen LogP contribution is -2.30. The Morgan fingerprint density at radius 2 is 1.91 bits per heavy atom. The maximum atomic E-state index is 12.8. The van der Waals surface area contributed by atoms with Gasteiger partial charge in [-0.25, -0.2) is 0 Å². The molecule has 0 atom stereocenters. The Kier molecular flexibility index (Phi) is 3.47. The van der Waals surface area contributed by atoms with Crippen LogP contribution in [0.3, 0.4) is 0 Å². The molecule has 4 heteroatoms. The molecule has 2 aromatic rings. The van der Waals surface area contributed by atoms with Crippen molar-refractivity contribution in [1.29, 1.82) is 0 Å². The number of rotatable bonds is 2. The van der Waals surface area contributed by atoms with Gasteiger partial charge in [-0.15, -0.1) is 0 Å². The number of aryl methyl sites for hydroxylation is 1. The number of nitrogens with zero attached hydrogens (tertiary/aromatic N) is 2. The first-order valence-electron chi connectivity index (χ1n) is 7.66. The van der Waals surface area contributed by atoms with Crippen molar-refractivity contribution in [1.82, 2.24) is 9.78 Å². The van der Waals surface area contributed by atoms with E-state index in [0.717, 1.165) is 11.4 Å². The average molecular weight is 296 g/mol. The van der Waals surface area contributed by atoms with Crippen LogP contribution >= 0.6 is 0 Å². The van der Waals surface area contributed by atoms with Gasteiger partial charge >= 0.3 is 0 Å². The van der Waals surface area contributed by atoms with Gasteiger partial charge in [0.25, 0.3) is 5.91 Å². The Morgan fingerprint density at radius 3 is 2.55 bits per heavy atom. The lowest BCUT2D eigenvalue weighted by atomic mass is 9.75. The highest BCUT2D eigenvalue weighted by Crippen LogP contribution is 2.36. The maximum Gasteiger partial charge on any atom is 0.278 e. The van der Waals surface area contributed by atoms with Crippen LogP contribution in [0.2, 0.25) is 0 Å². The van der Waals surface area contributed by atoms with Crippen molar-refractivity contribution in [3.05, 3.63) is 52.8 Å². The fraction of sp³-hybridized carbons (Fsp3) is 0.389. The molecule has 3 rings (SSSR count). The predicted octanol–water partition coefficient (Wildman–Crippen LogP) is 3.29. The topological polar surface area (TPSA) is 52.0 Å². The molecular weight excluding hydrogens is 276 g/mol. The molecule has 1 aromatic heterocycles. The van der Waals surface area contributed by atoms with E-state index in [1.807, 2.05) is 25.1 Å². The van der Waals surface area contributed by atoms with Crippen molar-refractivity contribution in [2.45, 2.75) is 40.0 Å². The molecule has 114 valence electrons. The predicted molar refractivity (Wildman–Crippen MR) is 84.2 cm³/mol. The fourth-order valence-electron chi connectivity index (χ4n) is 3.15. The van der Waals surface area contributed by atoms with Crippen LogP contribution in [0, 0.1) is 5.41 Å². The Balaban J connectivity index is 2.14. The maximum absolute atomic E-state index is 12.8. The van der Waals surface area contributed by atoms with Gasteiger partial charge in [0.05, 0.1) is 17.0 Å². The fourth-order valence-corrected chi connectivity index (χ4v) is 3.15. The molecule has 1 heterocycles. The molecule has 0 saturated carbocycles. The summed E-state index contributed by atoms with van der Waals surface area (Å²) in [5.74, 6) is -0.0581. The molecule has 0 bridgehead atoms. The average Bonchev–Trinajstić information content (AvgIpc) is 2.84. The number of Topliss-reactive ketones (excluding diaryl/α,β-unsaturated/α-hetero) is 1. The highest BCUT2D eigenvalue weighted by molar-refractivity contribution is 6.02. The molecule has 0 N–H and O–H groups in total. The van der Waals surface area contributed by atoms with Gasteiger partial charge < -0.3 is 0 Å². The summed E-state index contributed by atoms with van der Waals surface area (Å²) in [6.07, 6.45) is 1.86. The smallest absolute Gasteiger partial charge is 0.278 e. The largest absolute Gasteiger partial charge is 0.294 e. The van der Waals surface area contributed by atoms with Gasteiger partial charge in [-0.05, 0) is 30.4 Å². The molecule has 0 aliphatic heterocycles. The van der Waals surface area contributed by atoms with E-state index < -0.39 is 0 Å². The van der Waals surface area contributed by atoms with Crippen LogP contribution in [0.25, 0.3) is 0 Å². The molecule has 0 amide bonds. The third kappa shape index (κ3) is 2.39. The second-order valence-corrected chi connectivity index (χ2v) is 6.65. The van der Waals surface area contributed by atoms with E-state index in [1.165, 1.54) is 4.68 Å². The van der Waals surface area contributed by atoms with Crippen LogP contribution in [0.1, 0.15) is 59.3 Å². The first-order chi connectivity index (χ1) is 10.4. The van der Waals surface area contributed by atoms with Crippen LogP contribution in [0.5, 0.6) is 0 Å². The van der Waals surface area contributed by atoms with Crippen molar-refractivity contribution < 1.29 is 9.59 Å². The third-order valence-electron chi connectivity index (χ3n) is 4.17. The molecular formula is C18H20N2O2. The molecule has 0 unspecified atom stereocenters. The minimum atomic E-state index is -0.165. The highest BCUT2D eigenvalue weighted by Gasteiger charge is 2.37. The first-order valence-corrected chi connectivity index (χ1v) is 7.66. The third-order valence-corrected chi connectivity index (χ3v) is 4.17. The molecule has 0 fully saturated rings. The van der Waals surface area contributed by atoms with Crippen LogP contribution < -0.4 is 0 Å². The van der Waals surface area contributed by atoms with Crippen molar-refractivity contribution in [3.8, 4) is 0 Å². The van der Waals surface area contributed by atoms with Crippen molar-refractivity contribution in [2.75, 3.05) is 0 Å². The molecule has 0 spiro atoms. The van der Waals surface area contributed by atoms with E-state index in [-0.39, 0.29) is 17.1 Å². The van der Waals surface area contributed by atoms with Gasteiger partial charge in [0.2, 0.25) is 0 Å². The van der Waals surface area contributed by atoms with Crippen LogP contribution in [-0.4, -0.2) is 21.5 Å². The van der Waals surface area contributed by atoms with E-state index in [0.29, 0.717) is 30.4 Å². The van der Waals surface area contributed by atoms with Gasteiger partial charge in [0, 0.05) is 12.0 Å². The number of carbonyl (C=O) groups excluding carboxylic acids is 2. The monoisotopic (exact) mass is 296 g/mol. The zero-order valence-corrected chi connectivity index (χ0v) is 13.2. The number of hydrogen-bond acceptors (Lipinski definition) is 3. The molecule has 1 aliphatic carbocycles. The van der Waals surface area contributed by atoms with Crippen LogP contribution in [0.15, 0.2) is 30.3 Å². The number of ketones is 1. The minimum Gasteiger partial charge on any atom is -0.294 e.